The summed E-state index contributed by atoms with van der Waals surface area (Å²) in [7, 11) is -3.63. The fraction of sp³-hybridized carbons (Fsp3) is 0.0714. The second-order valence-electron chi connectivity index (χ2n) is 4.23. The first-order valence-corrected chi connectivity index (χ1v) is 7.73. The Bertz CT molecular complexity index is 758. The van der Waals surface area contributed by atoms with Crippen LogP contribution in [0.15, 0.2) is 47.4 Å². The zero-order valence-electron chi connectivity index (χ0n) is 10.4. The predicted molar refractivity (Wildman–Crippen MR) is 77.9 cm³/mol. The Morgan fingerprint density at radius 2 is 1.80 bits per heavy atom. The van der Waals surface area contributed by atoms with E-state index in [-0.39, 0.29) is 21.4 Å². The molecule has 0 amide bonds. The number of sulfone groups is 1. The van der Waals surface area contributed by atoms with Crippen molar-refractivity contribution in [2.45, 2.75) is 10.6 Å². The molecule has 6 heteroatoms. The predicted octanol–water partition coefficient (Wildman–Crippen LogP) is 2.77. The number of hydrogen-bond donors (Lipinski definition) is 1. The molecular formula is C14H11ClN2O2S. The standard InChI is InChI=1S/C14H11ClN2O2S/c15-12-2-1-3-13(17)14(12)20(18,19)9-11-6-4-10(8-16)5-7-11/h1-7H,9,17H2. The van der Waals surface area contributed by atoms with Crippen molar-refractivity contribution in [1.29, 1.82) is 5.26 Å². The molecule has 0 aliphatic carbocycles. The summed E-state index contributed by atoms with van der Waals surface area (Å²) in [5.41, 5.74) is 6.88. The molecule has 0 bridgehead atoms. The second-order valence-corrected chi connectivity index (χ2v) is 6.56. The number of nitrogen functional groups attached to an aromatic ring is 1. The largest absolute Gasteiger partial charge is 0.398 e. The third-order valence-corrected chi connectivity index (χ3v) is 4.97. The summed E-state index contributed by atoms with van der Waals surface area (Å²) in [5, 5.41) is 8.82. The number of benzene rings is 2. The maximum absolute atomic E-state index is 12.4. The highest BCUT2D eigenvalue weighted by atomic mass is 35.5. The molecule has 2 rings (SSSR count). The van der Waals surface area contributed by atoms with Crippen LogP contribution in [0.1, 0.15) is 11.1 Å². The lowest BCUT2D eigenvalue weighted by atomic mass is 10.2. The molecule has 2 aromatic rings. The Morgan fingerprint density at radius 1 is 1.15 bits per heavy atom. The molecule has 0 unspecified atom stereocenters. The lowest BCUT2D eigenvalue weighted by molar-refractivity contribution is 0.595. The van der Waals surface area contributed by atoms with E-state index in [2.05, 4.69) is 0 Å². The van der Waals surface area contributed by atoms with Crippen LogP contribution in [-0.4, -0.2) is 8.42 Å². The topological polar surface area (TPSA) is 84.0 Å². The molecule has 0 spiro atoms. The van der Waals surface area contributed by atoms with Gasteiger partial charge in [-0.15, -0.1) is 0 Å². The van der Waals surface area contributed by atoms with Gasteiger partial charge in [0, 0.05) is 0 Å². The first-order chi connectivity index (χ1) is 9.44. The van der Waals surface area contributed by atoms with Crippen molar-refractivity contribution in [1.82, 2.24) is 0 Å². The van der Waals surface area contributed by atoms with E-state index in [0.29, 0.717) is 11.1 Å². The summed E-state index contributed by atoms with van der Waals surface area (Å²) in [6.07, 6.45) is 0. The van der Waals surface area contributed by atoms with Gasteiger partial charge in [0.2, 0.25) is 0 Å². The lowest BCUT2D eigenvalue weighted by Crippen LogP contribution is -2.08. The highest BCUT2D eigenvalue weighted by Gasteiger charge is 2.21. The molecule has 20 heavy (non-hydrogen) atoms. The van der Waals surface area contributed by atoms with E-state index in [0.717, 1.165) is 0 Å². The molecule has 0 aromatic heterocycles. The van der Waals surface area contributed by atoms with E-state index in [4.69, 9.17) is 22.6 Å². The maximum Gasteiger partial charge on any atom is 0.186 e. The number of nitrogens with two attached hydrogens (primary N) is 1. The average Bonchev–Trinajstić information content (AvgIpc) is 2.38. The normalized spacial score (nSPS) is 11.0. The van der Waals surface area contributed by atoms with Gasteiger partial charge in [0.05, 0.1) is 28.1 Å². The van der Waals surface area contributed by atoms with Crippen LogP contribution in [0.3, 0.4) is 0 Å². The first-order valence-electron chi connectivity index (χ1n) is 5.70. The fourth-order valence-electron chi connectivity index (χ4n) is 1.82. The van der Waals surface area contributed by atoms with Crippen molar-refractivity contribution >= 4 is 27.1 Å². The first kappa shape index (κ1) is 14.4. The van der Waals surface area contributed by atoms with Crippen LogP contribution in [0, 0.1) is 11.3 Å². The molecule has 0 aliphatic rings. The molecule has 0 radical (unpaired) electrons. The quantitative estimate of drug-likeness (QED) is 0.884. The molecule has 0 aliphatic heterocycles. The molecule has 2 N–H and O–H groups in total. The summed E-state index contributed by atoms with van der Waals surface area (Å²) in [6, 6.07) is 12.9. The Kier molecular flexibility index (Phi) is 3.98. The van der Waals surface area contributed by atoms with Gasteiger partial charge in [-0.3, -0.25) is 0 Å². The smallest absolute Gasteiger partial charge is 0.186 e. The van der Waals surface area contributed by atoms with Crippen LogP contribution >= 0.6 is 11.6 Å². The van der Waals surface area contributed by atoms with Crippen molar-refractivity contribution in [2.75, 3.05) is 5.73 Å². The lowest BCUT2D eigenvalue weighted by Gasteiger charge is -2.09. The molecule has 0 saturated carbocycles. The number of rotatable bonds is 3. The summed E-state index contributed by atoms with van der Waals surface area (Å²) in [6.45, 7) is 0. The van der Waals surface area contributed by atoms with Crippen LogP contribution in [-0.2, 0) is 15.6 Å². The van der Waals surface area contributed by atoms with Crippen LogP contribution in [0.4, 0.5) is 5.69 Å². The molecule has 0 saturated heterocycles. The summed E-state index contributed by atoms with van der Waals surface area (Å²) >= 11 is 5.93. The highest BCUT2D eigenvalue weighted by Crippen LogP contribution is 2.29. The number of anilines is 1. The maximum atomic E-state index is 12.4. The summed E-state index contributed by atoms with van der Waals surface area (Å²) in [4.78, 5) is -0.0500. The van der Waals surface area contributed by atoms with Crippen molar-refractivity contribution < 1.29 is 8.42 Å². The van der Waals surface area contributed by atoms with Gasteiger partial charge in [0.25, 0.3) is 0 Å². The SMILES string of the molecule is N#Cc1ccc(CS(=O)(=O)c2c(N)cccc2Cl)cc1. The van der Waals surface area contributed by atoms with Crippen molar-refractivity contribution in [3.05, 3.63) is 58.6 Å². The number of halogens is 1. The second kappa shape index (κ2) is 5.53. The van der Waals surface area contributed by atoms with Gasteiger partial charge in [-0.2, -0.15) is 5.26 Å². The summed E-state index contributed by atoms with van der Waals surface area (Å²) in [5.74, 6) is -0.216. The molecule has 0 fully saturated rings. The van der Waals surface area contributed by atoms with Gasteiger partial charge in [0.1, 0.15) is 4.90 Å². The molecular weight excluding hydrogens is 296 g/mol. The Morgan fingerprint density at radius 3 is 2.35 bits per heavy atom. The van der Waals surface area contributed by atoms with Gasteiger partial charge >= 0.3 is 0 Å². The summed E-state index contributed by atoms with van der Waals surface area (Å²) < 4.78 is 24.7. The zero-order chi connectivity index (χ0) is 14.8. The van der Waals surface area contributed by atoms with Gasteiger partial charge in [0.15, 0.2) is 9.84 Å². The van der Waals surface area contributed by atoms with Gasteiger partial charge in [-0.05, 0) is 29.8 Å². The van der Waals surface area contributed by atoms with Crippen LogP contribution in [0.25, 0.3) is 0 Å². The van der Waals surface area contributed by atoms with Crippen LogP contribution in [0.5, 0.6) is 0 Å². The molecule has 2 aromatic carbocycles. The minimum atomic E-state index is -3.63. The number of nitrogens with zero attached hydrogens (tertiary/aromatic N) is 1. The van der Waals surface area contributed by atoms with Gasteiger partial charge < -0.3 is 5.73 Å². The van der Waals surface area contributed by atoms with E-state index < -0.39 is 9.84 Å². The van der Waals surface area contributed by atoms with Crippen molar-refractivity contribution in [2.24, 2.45) is 0 Å². The minimum Gasteiger partial charge on any atom is -0.398 e. The molecule has 0 heterocycles. The fourth-order valence-corrected chi connectivity index (χ4v) is 3.92. The van der Waals surface area contributed by atoms with E-state index in [1.54, 1.807) is 30.3 Å². The molecule has 4 nitrogen and oxygen atoms in total. The van der Waals surface area contributed by atoms with Gasteiger partial charge in [-0.1, -0.05) is 29.8 Å². The third kappa shape index (κ3) is 2.93. The Labute approximate surface area is 122 Å². The highest BCUT2D eigenvalue weighted by molar-refractivity contribution is 7.91. The Balaban J connectivity index is 2.39. The van der Waals surface area contributed by atoms with Crippen molar-refractivity contribution in [3.8, 4) is 6.07 Å². The van der Waals surface area contributed by atoms with E-state index >= 15 is 0 Å². The van der Waals surface area contributed by atoms with E-state index in [9.17, 15) is 8.42 Å². The monoisotopic (exact) mass is 306 g/mol. The van der Waals surface area contributed by atoms with Gasteiger partial charge in [-0.25, -0.2) is 8.42 Å². The van der Waals surface area contributed by atoms with E-state index in [1.165, 1.54) is 12.1 Å². The number of nitriles is 1. The van der Waals surface area contributed by atoms with Crippen molar-refractivity contribution in [3.63, 3.8) is 0 Å². The number of hydrogen-bond acceptors (Lipinski definition) is 4. The van der Waals surface area contributed by atoms with E-state index in [1.807, 2.05) is 6.07 Å². The average molecular weight is 307 g/mol. The molecule has 102 valence electrons. The molecule has 0 atom stereocenters. The Hall–Kier alpha value is -2.03. The van der Waals surface area contributed by atoms with Crippen LogP contribution < -0.4 is 5.73 Å². The zero-order valence-corrected chi connectivity index (χ0v) is 11.9. The van der Waals surface area contributed by atoms with Crippen LogP contribution in [0.2, 0.25) is 5.02 Å². The minimum absolute atomic E-state index is 0.0500. The third-order valence-electron chi connectivity index (χ3n) is 2.75.